The van der Waals surface area contributed by atoms with Gasteiger partial charge < -0.3 is 5.32 Å². The molecule has 0 radical (unpaired) electrons. The Morgan fingerprint density at radius 2 is 1.94 bits per heavy atom. The van der Waals surface area contributed by atoms with Gasteiger partial charge in [0.1, 0.15) is 0 Å². The molecular formula is C12H12N4O2. The van der Waals surface area contributed by atoms with Crippen molar-refractivity contribution in [3.8, 4) is 0 Å². The van der Waals surface area contributed by atoms with Gasteiger partial charge in [0.2, 0.25) is 0 Å². The van der Waals surface area contributed by atoms with E-state index in [1.165, 1.54) is 0 Å². The fourth-order valence-electron chi connectivity index (χ4n) is 1.63. The van der Waals surface area contributed by atoms with E-state index in [2.05, 4.69) is 10.3 Å². The van der Waals surface area contributed by atoms with Gasteiger partial charge in [-0.25, -0.2) is 5.84 Å². The molecule has 6 heteroatoms. The van der Waals surface area contributed by atoms with Gasteiger partial charge in [0.05, 0.1) is 5.52 Å². The van der Waals surface area contributed by atoms with Crippen LogP contribution in [0.4, 0.5) is 0 Å². The lowest BCUT2D eigenvalue weighted by Crippen LogP contribution is -2.42. The van der Waals surface area contributed by atoms with E-state index in [4.69, 9.17) is 5.84 Å². The van der Waals surface area contributed by atoms with Crippen molar-refractivity contribution in [2.75, 3.05) is 0 Å². The molecule has 2 aromatic rings. The van der Waals surface area contributed by atoms with Crippen molar-refractivity contribution in [1.82, 2.24) is 15.7 Å². The maximum absolute atomic E-state index is 11.3. The third-order valence-corrected chi connectivity index (χ3v) is 2.49. The van der Waals surface area contributed by atoms with Gasteiger partial charge >= 0.3 is 11.8 Å². The first kappa shape index (κ1) is 12.0. The minimum Gasteiger partial charge on any atom is -0.344 e. The van der Waals surface area contributed by atoms with E-state index in [1.54, 1.807) is 11.6 Å². The number of carbonyl (C=O) groups is 2. The first-order chi connectivity index (χ1) is 8.72. The predicted octanol–water partition coefficient (Wildman–Crippen LogP) is -0.159. The summed E-state index contributed by atoms with van der Waals surface area (Å²) < 4.78 is 0. The van der Waals surface area contributed by atoms with E-state index in [-0.39, 0.29) is 6.54 Å². The fraction of sp³-hybridized carbons (Fsp3) is 0.0833. The molecule has 1 aromatic carbocycles. The van der Waals surface area contributed by atoms with E-state index in [0.717, 1.165) is 16.5 Å². The zero-order chi connectivity index (χ0) is 13.0. The van der Waals surface area contributed by atoms with Gasteiger partial charge in [-0.1, -0.05) is 24.3 Å². The molecule has 0 bridgehead atoms. The SMILES string of the molecule is NNC(=O)C(=O)NCc1cccc2cccnc12. The molecule has 0 fully saturated rings. The lowest BCUT2D eigenvalue weighted by molar-refractivity contribution is -0.139. The van der Waals surface area contributed by atoms with E-state index < -0.39 is 11.8 Å². The number of nitrogens with one attached hydrogen (secondary N) is 2. The molecular weight excluding hydrogens is 232 g/mol. The van der Waals surface area contributed by atoms with Crippen LogP contribution in [0.1, 0.15) is 5.56 Å². The van der Waals surface area contributed by atoms with Gasteiger partial charge in [-0.15, -0.1) is 0 Å². The number of hydrogen-bond acceptors (Lipinski definition) is 4. The Labute approximate surface area is 103 Å². The largest absolute Gasteiger partial charge is 0.344 e. The van der Waals surface area contributed by atoms with E-state index in [0.29, 0.717) is 0 Å². The minimum atomic E-state index is -0.872. The second-order valence-electron chi connectivity index (χ2n) is 3.65. The third-order valence-electron chi connectivity index (χ3n) is 2.49. The van der Waals surface area contributed by atoms with Crippen molar-refractivity contribution in [2.45, 2.75) is 6.54 Å². The summed E-state index contributed by atoms with van der Waals surface area (Å²) in [5.74, 6) is 3.21. The molecule has 0 spiro atoms. The van der Waals surface area contributed by atoms with Crippen LogP contribution in [0.3, 0.4) is 0 Å². The van der Waals surface area contributed by atoms with Crippen LogP contribution in [-0.2, 0) is 16.1 Å². The van der Waals surface area contributed by atoms with Gasteiger partial charge in [0.15, 0.2) is 0 Å². The Morgan fingerprint density at radius 1 is 1.17 bits per heavy atom. The molecule has 1 aromatic heterocycles. The second-order valence-corrected chi connectivity index (χ2v) is 3.65. The first-order valence-corrected chi connectivity index (χ1v) is 5.34. The Bertz CT molecular complexity index is 592. The quantitative estimate of drug-likeness (QED) is 0.296. The van der Waals surface area contributed by atoms with Crippen LogP contribution in [0.5, 0.6) is 0 Å². The van der Waals surface area contributed by atoms with Crippen LogP contribution in [0.25, 0.3) is 10.9 Å². The molecule has 0 aliphatic rings. The molecule has 4 N–H and O–H groups in total. The van der Waals surface area contributed by atoms with Gasteiger partial charge in [-0.3, -0.25) is 20.0 Å². The van der Waals surface area contributed by atoms with Crippen LogP contribution in [0.2, 0.25) is 0 Å². The average Bonchev–Trinajstić information content (AvgIpc) is 2.43. The number of hydrogen-bond donors (Lipinski definition) is 3. The molecule has 1 heterocycles. The highest BCUT2D eigenvalue weighted by molar-refractivity contribution is 6.34. The highest BCUT2D eigenvalue weighted by atomic mass is 16.2. The summed E-state index contributed by atoms with van der Waals surface area (Å²) in [6.45, 7) is 0.223. The van der Waals surface area contributed by atoms with E-state index in [1.807, 2.05) is 30.3 Å². The number of para-hydroxylation sites is 1. The number of aromatic nitrogens is 1. The molecule has 2 rings (SSSR count). The van der Waals surface area contributed by atoms with Gasteiger partial charge in [-0.2, -0.15) is 0 Å². The van der Waals surface area contributed by atoms with E-state index >= 15 is 0 Å². The number of benzene rings is 1. The maximum Gasteiger partial charge on any atom is 0.323 e. The summed E-state index contributed by atoms with van der Waals surface area (Å²) in [4.78, 5) is 26.4. The summed E-state index contributed by atoms with van der Waals surface area (Å²) >= 11 is 0. The number of nitrogens with two attached hydrogens (primary N) is 1. The molecule has 18 heavy (non-hydrogen) atoms. The summed E-state index contributed by atoms with van der Waals surface area (Å²) in [6, 6.07) is 9.41. The smallest absolute Gasteiger partial charge is 0.323 e. The van der Waals surface area contributed by atoms with Gasteiger partial charge in [0, 0.05) is 18.1 Å². The molecule has 0 saturated carbocycles. The Kier molecular flexibility index (Phi) is 3.49. The average molecular weight is 244 g/mol. The zero-order valence-corrected chi connectivity index (χ0v) is 9.51. The Hall–Kier alpha value is -2.47. The molecule has 92 valence electrons. The Balaban J connectivity index is 2.17. The standard InChI is InChI=1S/C12H12N4O2/c13-16-12(18)11(17)15-7-9-4-1-3-8-5-2-6-14-10(8)9/h1-6H,7,13H2,(H,15,17)(H,16,18). The lowest BCUT2D eigenvalue weighted by Gasteiger charge is -2.06. The first-order valence-electron chi connectivity index (χ1n) is 5.34. The van der Waals surface area contributed by atoms with Crippen LogP contribution < -0.4 is 16.6 Å². The molecule has 0 unspecified atom stereocenters. The van der Waals surface area contributed by atoms with Crippen molar-refractivity contribution >= 4 is 22.7 Å². The van der Waals surface area contributed by atoms with Crippen LogP contribution in [0, 0.1) is 0 Å². The van der Waals surface area contributed by atoms with Crippen molar-refractivity contribution in [3.63, 3.8) is 0 Å². The van der Waals surface area contributed by atoms with Crippen LogP contribution >= 0.6 is 0 Å². The number of fused-ring (bicyclic) bond motifs is 1. The van der Waals surface area contributed by atoms with Gasteiger partial charge in [0.25, 0.3) is 0 Å². The monoisotopic (exact) mass is 244 g/mol. The van der Waals surface area contributed by atoms with Crippen molar-refractivity contribution < 1.29 is 9.59 Å². The lowest BCUT2D eigenvalue weighted by atomic mass is 10.1. The summed E-state index contributed by atoms with van der Waals surface area (Å²) in [6.07, 6.45) is 1.68. The zero-order valence-electron chi connectivity index (χ0n) is 9.51. The number of carbonyl (C=O) groups excluding carboxylic acids is 2. The number of hydrazine groups is 1. The second kappa shape index (κ2) is 5.24. The van der Waals surface area contributed by atoms with Crippen LogP contribution in [0.15, 0.2) is 36.5 Å². The third kappa shape index (κ3) is 2.44. The molecule has 0 aliphatic heterocycles. The van der Waals surface area contributed by atoms with Crippen molar-refractivity contribution in [1.29, 1.82) is 0 Å². The molecule has 2 amide bonds. The number of nitrogens with zero attached hydrogens (tertiary/aromatic N) is 1. The number of rotatable bonds is 2. The highest BCUT2D eigenvalue weighted by Gasteiger charge is 2.11. The topological polar surface area (TPSA) is 97.1 Å². The number of pyridine rings is 1. The van der Waals surface area contributed by atoms with Crippen LogP contribution in [-0.4, -0.2) is 16.8 Å². The molecule has 0 atom stereocenters. The molecule has 0 saturated heterocycles. The van der Waals surface area contributed by atoms with Gasteiger partial charge in [-0.05, 0) is 11.6 Å². The summed E-state index contributed by atoms with van der Waals surface area (Å²) in [5.41, 5.74) is 3.41. The summed E-state index contributed by atoms with van der Waals surface area (Å²) in [7, 11) is 0. The maximum atomic E-state index is 11.3. The fourth-order valence-corrected chi connectivity index (χ4v) is 1.63. The molecule has 6 nitrogen and oxygen atoms in total. The highest BCUT2D eigenvalue weighted by Crippen LogP contribution is 2.15. The van der Waals surface area contributed by atoms with Crippen molar-refractivity contribution in [3.05, 3.63) is 42.1 Å². The normalized spacial score (nSPS) is 10.1. The van der Waals surface area contributed by atoms with Crippen molar-refractivity contribution in [2.24, 2.45) is 5.84 Å². The predicted molar refractivity (Wildman–Crippen MR) is 65.9 cm³/mol. The Morgan fingerprint density at radius 3 is 2.72 bits per heavy atom. The molecule has 0 aliphatic carbocycles. The minimum absolute atomic E-state index is 0.223. The summed E-state index contributed by atoms with van der Waals surface area (Å²) in [5, 5.41) is 3.45. The van der Waals surface area contributed by atoms with E-state index in [9.17, 15) is 9.59 Å². The number of amides is 2.